The number of halogens is 2. The molecule has 0 bridgehead atoms. The van der Waals surface area contributed by atoms with Crippen molar-refractivity contribution in [3.8, 4) is 0 Å². The molecule has 2 nitrogen and oxygen atoms in total. The molecule has 1 aliphatic heterocycles. The standard InChI is InChI=1S/C15H20F2N2/c16-13-7-12(18)8-14(17)15(13)19-6-5-10-3-1-2-4-11(10)9-19/h7-8,10-11H,1-6,9,18H2. The molecule has 0 aromatic heterocycles. The first kappa shape index (κ1) is 12.7. The molecular formula is C15H20F2N2. The van der Waals surface area contributed by atoms with Gasteiger partial charge in [-0.2, -0.15) is 0 Å². The molecule has 1 aromatic rings. The van der Waals surface area contributed by atoms with Gasteiger partial charge in [0.15, 0.2) is 11.6 Å². The third-order valence-electron chi connectivity index (χ3n) is 4.65. The Kier molecular flexibility index (Phi) is 3.33. The van der Waals surface area contributed by atoms with Gasteiger partial charge < -0.3 is 10.6 Å². The summed E-state index contributed by atoms with van der Waals surface area (Å²) in [7, 11) is 0. The molecule has 2 N–H and O–H groups in total. The van der Waals surface area contributed by atoms with E-state index < -0.39 is 11.6 Å². The summed E-state index contributed by atoms with van der Waals surface area (Å²) in [6.45, 7) is 1.53. The number of nitrogens with two attached hydrogens (primary N) is 1. The fourth-order valence-electron chi connectivity index (χ4n) is 3.69. The molecular weight excluding hydrogens is 246 g/mol. The largest absolute Gasteiger partial charge is 0.399 e. The average molecular weight is 266 g/mol. The summed E-state index contributed by atoms with van der Waals surface area (Å²) >= 11 is 0. The van der Waals surface area contributed by atoms with E-state index in [1.54, 1.807) is 0 Å². The van der Waals surface area contributed by atoms with E-state index in [0.29, 0.717) is 5.92 Å². The Morgan fingerprint density at radius 1 is 1.00 bits per heavy atom. The summed E-state index contributed by atoms with van der Waals surface area (Å²) < 4.78 is 27.9. The topological polar surface area (TPSA) is 29.3 Å². The van der Waals surface area contributed by atoms with Crippen LogP contribution in [-0.2, 0) is 0 Å². The maximum Gasteiger partial charge on any atom is 0.151 e. The lowest BCUT2D eigenvalue weighted by molar-refractivity contribution is 0.201. The molecule has 0 radical (unpaired) electrons. The van der Waals surface area contributed by atoms with Crippen molar-refractivity contribution >= 4 is 11.4 Å². The lowest BCUT2D eigenvalue weighted by Crippen LogP contribution is -2.42. The molecule has 2 unspecified atom stereocenters. The van der Waals surface area contributed by atoms with Gasteiger partial charge in [-0.1, -0.05) is 19.3 Å². The van der Waals surface area contributed by atoms with Gasteiger partial charge in [-0.15, -0.1) is 0 Å². The van der Waals surface area contributed by atoms with Gasteiger partial charge in [-0.25, -0.2) is 8.78 Å². The van der Waals surface area contributed by atoms with Crippen LogP contribution in [0.3, 0.4) is 0 Å². The number of anilines is 2. The monoisotopic (exact) mass is 266 g/mol. The molecule has 0 amide bonds. The van der Waals surface area contributed by atoms with E-state index in [1.165, 1.54) is 37.8 Å². The number of hydrogen-bond acceptors (Lipinski definition) is 2. The fourth-order valence-corrected chi connectivity index (χ4v) is 3.69. The van der Waals surface area contributed by atoms with E-state index in [4.69, 9.17) is 5.73 Å². The van der Waals surface area contributed by atoms with Gasteiger partial charge in [0.2, 0.25) is 0 Å². The van der Waals surface area contributed by atoms with Gasteiger partial charge in [0.1, 0.15) is 5.69 Å². The summed E-state index contributed by atoms with van der Waals surface area (Å²) in [5, 5.41) is 0. The van der Waals surface area contributed by atoms with Crippen LogP contribution in [0.25, 0.3) is 0 Å². The predicted octanol–water partition coefficient (Wildman–Crippen LogP) is 3.56. The van der Waals surface area contributed by atoms with Crippen LogP contribution in [0, 0.1) is 23.5 Å². The number of fused-ring (bicyclic) bond motifs is 1. The number of nitrogen functional groups attached to an aromatic ring is 1. The van der Waals surface area contributed by atoms with Crippen molar-refractivity contribution in [3.63, 3.8) is 0 Å². The molecule has 104 valence electrons. The van der Waals surface area contributed by atoms with Gasteiger partial charge in [-0.05, 0) is 36.8 Å². The molecule has 4 heteroatoms. The van der Waals surface area contributed by atoms with Gasteiger partial charge in [0, 0.05) is 18.8 Å². The third-order valence-corrected chi connectivity index (χ3v) is 4.65. The number of piperidine rings is 1. The van der Waals surface area contributed by atoms with Crippen LogP contribution >= 0.6 is 0 Å². The number of rotatable bonds is 1. The molecule has 0 spiro atoms. The van der Waals surface area contributed by atoms with Crippen LogP contribution in [-0.4, -0.2) is 13.1 Å². The molecule has 1 saturated heterocycles. The summed E-state index contributed by atoms with van der Waals surface area (Å²) in [5.41, 5.74) is 5.72. The lowest BCUT2D eigenvalue weighted by Gasteiger charge is -2.42. The Morgan fingerprint density at radius 2 is 1.63 bits per heavy atom. The van der Waals surface area contributed by atoms with Crippen molar-refractivity contribution in [2.24, 2.45) is 11.8 Å². The Labute approximate surface area is 112 Å². The molecule has 1 heterocycles. The van der Waals surface area contributed by atoms with Crippen LogP contribution in [0.4, 0.5) is 20.2 Å². The van der Waals surface area contributed by atoms with Crippen LogP contribution in [0.15, 0.2) is 12.1 Å². The van der Waals surface area contributed by atoms with E-state index in [-0.39, 0.29) is 11.4 Å². The summed E-state index contributed by atoms with van der Waals surface area (Å²) in [4.78, 5) is 1.87. The van der Waals surface area contributed by atoms with Crippen LogP contribution in [0.1, 0.15) is 32.1 Å². The van der Waals surface area contributed by atoms with Gasteiger partial charge >= 0.3 is 0 Å². The maximum absolute atomic E-state index is 14.0. The number of hydrogen-bond donors (Lipinski definition) is 1. The summed E-state index contributed by atoms with van der Waals surface area (Å²) in [6, 6.07) is 2.43. The fraction of sp³-hybridized carbons (Fsp3) is 0.600. The summed E-state index contributed by atoms with van der Waals surface area (Å²) in [6.07, 6.45) is 6.09. The van der Waals surface area contributed by atoms with Gasteiger partial charge in [0.25, 0.3) is 0 Å². The maximum atomic E-state index is 14.0. The Hall–Kier alpha value is -1.32. The van der Waals surface area contributed by atoms with Crippen molar-refractivity contribution in [2.75, 3.05) is 23.7 Å². The normalized spacial score (nSPS) is 27.2. The molecule has 2 aliphatic rings. The zero-order valence-electron chi connectivity index (χ0n) is 11.0. The van der Waals surface area contributed by atoms with Crippen LogP contribution in [0.5, 0.6) is 0 Å². The highest BCUT2D eigenvalue weighted by atomic mass is 19.1. The predicted molar refractivity (Wildman–Crippen MR) is 73.0 cm³/mol. The van der Waals surface area contributed by atoms with Crippen molar-refractivity contribution in [2.45, 2.75) is 32.1 Å². The van der Waals surface area contributed by atoms with Gasteiger partial charge in [0.05, 0.1) is 0 Å². The first-order chi connectivity index (χ1) is 9.15. The quantitative estimate of drug-likeness (QED) is 0.787. The third kappa shape index (κ3) is 2.40. The second-order valence-electron chi connectivity index (χ2n) is 5.87. The SMILES string of the molecule is Nc1cc(F)c(N2CCC3CCCCC3C2)c(F)c1. The Morgan fingerprint density at radius 3 is 2.32 bits per heavy atom. The van der Waals surface area contributed by atoms with E-state index in [2.05, 4.69) is 0 Å². The summed E-state index contributed by atoms with van der Waals surface area (Å²) in [5.74, 6) is 0.280. The minimum atomic E-state index is -0.535. The van der Waals surface area contributed by atoms with Crippen molar-refractivity contribution < 1.29 is 8.78 Å². The number of nitrogens with zero attached hydrogens (tertiary/aromatic N) is 1. The van der Waals surface area contributed by atoms with E-state index in [9.17, 15) is 8.78 Å². The minimum Gasteiger partial charge on any atom is -0.399 e. The van der Waals surface area contributed by atoms with Crippen molar-refractivity contribution in [1.82, 2.24) is 0 Å². The average Bonchev–Trinajstić information content (AvgIpc) is 2.37. The highest BCUT2D eigenvalue weighted by Gasteiger charge is 2.32. The van der Waals surface area contributed by atoms with Crippen molar-refractivity contribution in [3.05, 3.63) is 23.8 Å². The smallest absolute Gasteiger partial charge is 0.151 e. The van der Waals surface area contributed by atoms with E-state index in [0.717, 1.165) is 25.4 Å². The van der Waals surface area contributed by atoms with Crippen molar-refractivity contribution in [1.29, 1.82) is 0 Å². The lowest BCUT2D eigenvalue weighted by atomic mass is 9.75. The molecule has 3 rings (SSSR count). The molecule has 2 atom stereocenters. The second-order valence-corrected chi connectivity index (χ2v) is 5.87. The Bertz CT molecular complexity index is 452. The first-order valence-electron chi connectivity index (χ1n) is 7.14. The second kappa shape index (κ2) is 4.99. The van der Waals surface area contributed by atoms with E-state index >= 15 is 0 Å². The highest BCUT2D eigenvalue weighted by molar-refractivity contribution is 5.56. The molecule has 19 heavy (non-hydrogen) atoms. The highest BCUT2D eigenvalue weighted by Crippen LogP contribution is 2.38. The molecule has 1 saturated carbocycles. The molecule has 2 fully saturated rings. The van der Waals surface area contributed by atoms with Crippen LogP contribution < -0.4 is 10.6 Å². The first-order valence-corrected chi connectivity index (χ1v) is 7.14. The zero-order chi connectivity index (χ0) is 13.4. The Balaban J connectivity index is 1.83. The zero-order valence-corrected chi connectivity index (χ0v) is 11.0. The molecule has 1 aliphatic carbocycles. The molecule has 1 aromatic carbocycles. The van der Waals surface area contributed by atoms with Gasteiger partial charge in [-0.3, -0.25) is 0 Å². The van der Waals surface area contributed by atoms with Crippen LogP contribution in [0.2, 0.25) is 0 Å². The van der Waals surface area contributed by atoms with E-state index in [1.807, 2.05) is 4.90 Å². The number of benzene rings is 1. The minimum absolute atomic E-state index is 0.109.